The van der Waals surface area contributed by atoms with Crippen molar-refractivity contribution in [3.05, 3.63) is 23.8 Å². The van der Waals surface area contributed by atoms with Crippen LogP contribution in [0.4, 0.5) is 5.69 Å². The zero-order chi connectivity index (χ0) is 14.0. The molecule has 0 saturated carbocycles. The zero-order valence-electron chi connectivity index (χ0n) is 11.8. The first-order chi connectivity index (χ1) is 9.04. The standard InChI is InChI=1S/C15H22N2O2/c1-10(2)14-15(18)17(8-4-7-16)12-9-11(3)5-6-13(12)19-14/h5-6,9-10,14H,4,7-8,16H2,1-3H3. The van der Waals surface area contributed by atoms with E-state index in [9.17, 15) is 4.79 Å². The number of hydrogen-bond donors (Lipinski definition) is 1. The minimum atomic E-state index is -0.395. The number of carbonyl (C=O) groups excluding carboxylic acids is 1. The van der Waals surface area contributed by atoms with Crippen molar-refractivity contribution >= 4 is 11.6 Å². The molecule has 1 heterocycles. The van der Waals surface area contributed by atoms with Crippen LogP contribution < -0.4 is 15.4 Å². The smallest absolute Gasteiger partial charge is 0.268 e. The van der Waals surface area contributed by atoms with Crippen LogP contribution in [0.15, 0.2) is 18.2 Å². The van der Waals surface area contributed by atoms with Gasteiger partial charge in [-0.15, -0.1) is 0 Å². The van der Waals surface area contributed by atoms with Crippen LogP contribution in [-0.4, -0.2) is 25.1 Å². The van der Waals surface area contributed by atoms with Crippen LogP contribution >= 0.6 is 0 Å². The molecule has 4 nitrogen and oxygen atoms in total. The largest absolute Gasteiger partial charge is 0.478 e. The van der Waals surface area contributed by atoms with Gasteiger partial charge >= 0.3 is 0 Å². The normalized spacial score (nSPS) is 18.5. The SMILES string of the molecule is Cc1ccc2c(c1)N(CCCN)C(=O)C(C(C)C)O2. The van der Waals surface area contributed by atoms with Gasteiger partial charge in [0.05, 0.1) is 5.69 Å². The second-order valence-electron chi connectivity index (χ2n) is 5.39. The lowest BCUT2D eigenvalue weighted by Gasteiger charge is -2.36. The first-order valence-corrected chi connectivity index (χ1v) is 6.83. The second-order valence-corrected chi connectivity index (χ2v) is 5.39. The summed E-state index contributed by atoms with van der Waals surface area (Å²) in [6.45, 7) is 7.25. The average molecular weight is 262 g/mol. The Kier molecular flexibility index (Phi) is 4.10. The van der Waals surface area contributed by atoms with E-state index in [1.165, 1.54) is 0 Å². The quantitative estimate of drug-likeness (QED) is 0.904. The molecule has 0 radical (unpaired) electrons. The summed E-state index contributed by atoms with van der Waals surface area (Å²) < 4.78 is 5.85. The van der Waals surface area contributed by atoms with Gasteiger partial charge in [0.25, 0.3) is 5.91 Å². The number of nitrogens with zero attached hydrogens (tertiary/aromatic N) is 1. The molecule has 0 fully saturated rings. The predicted molar refractivity (Wildman–Crippen MR) is 76.5 cm³/mol. The Labute approximate surface area is 114 Å². The molecule has 2 rings (SSSR count). The van der Waals surface area contributed by atoms with Crippen LogP contribution in [0, 0.1) is 12.8 Å². The van der Waals surface area contributed by atoms with Crippen LogP contribution in [-0.2, 0) is 4.79 Å². The van der Waals surface area contributed by atoms with Gasteiger partial charge in [-0.05, 0) is 43.5 Å². The molecule has 1 aromatic rings. The predicted octanol–water partition coefficient (Wildman–Crippen LogP) is 2.09. The van der Waals surface area contributed by atoms with Gasteiger partial charge in [-0.1, -0.05) is 19.9 Å². The molecule has 0 bridgehead atoms. The zero-order valence-corrected chi connectivity index (χ0v) is 11.8. The van der Waals surface area contributed by atoms with Crippen molar-refractivity contribution in [3.8, 4) is 5.75 Å². The first-order valence-electron chi connectivity index (χ1n) is 6.83. The highest BCUT2D eigenvalue weighted by molar-refractivity contribution is 6.00. The molecule has 0 aromatic heterocycles. The van der Waals surface area contributed by atoms with Crippen molar-refractivity contribution in [3.63, 3.8) is 0 Å². The summed E-state index contributed by atoms with van der Waals surface area (Å²) >= 11 is 0. The number of nitrogens with two attached hydrogens (primary N) is 1. The Hall–Kier alpha value is -1.55. The highest BCUT2D eigenvalue weighted by Gasteiger charge is 2.35. The average Bonchev–Trinajstić information content (AvgIpc) is 2.37. The molecule has 4 heteroatoms. The number of hydrogen-bond acceptors (Lipinski definition) is 3. The molecule has 1 aliphatic rings. The Morgan fingerprint density at radius 3 is 2.79 bits per heavy atom. The lowest BCUT2D eigenvalue weighted by molar-refractivity contribution is -0.128. The number of anilines is 1. The summed E-state index contributed by atoms with van der Waals surface area (Å²) in [5.74, 6) is 0.991. The molecule has 104 valence electrons. The number of aryl methyl sites for hydroxylation is 1. The van der Waals surface area contributed by atoms with E-state index in [4.69, 9.17) is 10.5 Å². The number of fused-ring (bicyclic) bond motifs is 1. The molecule has 0 saturated heterocycles. The van der Waals surface area contributed by atoms with Gasteiger partial charge in [0, 0.05) is 6.54 Å². The van der Waals surface area contributed by atoms with E-state index in [1.54, 1.807) is 0 Å². The van der Waals surface area contributed by atoms with Gasteiger partial charge in [0.1, 0.15) is 5.75 Å². The summed E-state index contributed by atoms with van der Waals surface area (Å²) in [5, 5.41) is 0. The number of benzene rings is 1. The molecule has 1 atom stereocenters. The van der Waals surface area contributed by atoms with Crippen LogP contribution in [0.1, 0.15) is 25.8 Å². The van der Waals surface area contributed by atoms with Gasteiger partial charge in [-0.2, -0.15) is 0 Å². The fourth-order valence-electron chi connectivity index (χ4n) is 2.30. The topological polar surface area (TPSA) is 55.6 Å². The molecule has 1 unspecified atom stereocenters. The Morgan fingerprint density at radius 1 is 1.42 bits per heavy atom. The van der Waals surface area contributed by atoms with E-state index in [0.29, 0.717) is 13.1 Å². The molecule has 19 heavy (non-hydrogen) atoms. The second kappa shape index (κ2) is 5.61. The maximum absolute atomic E-state index is 12.5. The lowest BCUT2D eigenvalue weighted by atomic mass is 10.0. The van der Waals surface area contributed by atoms with E-state index in [0.717, 1.165) is 23.4 Å². The number of ether oxygens (including phenoxy) is 1. The number of carbonyl (C=O) groups is 1. The van der Waals surface area contributed by atoms with Crippen LogP contribution in [0.5, 0.6) is 5.75 Å². The third-order valence-corrected chi connectivity index (χ3v) is 3.36. The maximum atomic E-state index is 12.5. The van der Waals surface area contributed by atoms with Crippen LogP contribution in [0.25, 0.3) is 0 Å². The highest BCUT2D eigenvalue weighted by atomic mass is 16.5. The van der Waals surface area contributed by atoms with Crippen molar-refractivity contribution in [2.75, 3.05) is 18.0 Å². The summed E-state index contributed by atoms with van der Waals surface area (Å²) in [5.41, 5.74) is 7.56. The van der Waals surface area contributed by atoms with E-state index in [2.05, 4.69) is 0 Å². The maximum Gasteiger partial charge on any atom is 0.268 e. The lowest BCUT2D eigenvalue weighted by Crippen LogP contribution is -2.49. The van der Waals surface area contributed by atoms with Crippen molar-refractivity contribution in [1.82, 2.24) is 0 Å². The fourth-order valence-corrected chi connectivity index (χ4v) is 2.30. The monoisotopic (exact) mass is 262 g/mol. The van der Waals surface area contributed by atoms with Crippen molar-refractivity contribution in [2.24, 2.45) is 11.7 Å². The third kappa shape index (κ3) is 2.73. The molecular formula is C15H22N2O2. The number of rotatable bonds is 4. The van der Waals surface area contributed by atoms with Gasteiger partial charge in [0.15, 0.2) is 6.10 Å². The molecule has 1 aliphatic heterocycles. The Bertz CT molecular complexity index is 471. The van der Waals surface area contributed by atoms with E-state index < -0.39 is 6.10 Å². The van der Waals surface area contributed by atoms with E-state index >= 15 is 0 Å². The van der Waals surface area contributed by atoms with Crippen molar-refractivity contribution < 1.29 is 9.53 Å². The van der Waals surface area contributed by atoms with Crippen LogP contribution in [0.3, 0.4) is 0 Å². The summed E-state index contributed by atoms with van der Waals surface area (Å²) in [6, 6.07) is 5.95. The molecule has 0 aliphatic carbocycles. The number of amides is 1. The Balaban J connectivity index is 2.38. The minimum absolute atomic E-state index is 0.0431. The molecular weight excluding hydrogens is 240 g/mol. The van der Waals surface area contributed by atoms with E-state index in [-0.39, 0.29) is 11.8 Å². The fraction of sp³-hybridized carbons (Fsp3) is 0.533. The van der Waals surface area contributed by atoms with Gasteiger partial charge in [-0.3, -0.25) is 4.79 Å². The molecule has 2 N–H and O–H groups in total. The van der Waals surface area contributed by atoms with Gasteiger partial charge < -0.3 is 15.4 Å². The van der Waals surface area contributed by atoms with Crippen molar-refractivity contribution in [1.29, 1.82) is 0 Å². The van der Waals surface area contributed by atoms with Crippen molar-refractivity contribution in [2.45, 2.75) is 33.3 Å². The Morgan fingerprint density at radius 2 is 2.16 bits per heavy atom. The molecule has 1 aromatic carbocycles. The molecule has 1 amide bonds. The summed E-state index contributed by atoms with van der Waals surface area (Å²) in [6.07, 6.45) is 0.400. The minimum Gasteiger partial charge on any atom is -0.478 e. The summed E-state index contributed by atoms with van der Waals surface area (Å²) in [4.78, 5) is 14.3. The van der Waals surface area contributed by atoms with E-state index in [1.807, 2.05) is 43.9 Å². The third-order valence-electron chi connectivity index (χ3n) is 3.36. The van der Waals surface area contributed by atoms with Gasteiger partial charge in [0.2, 0.25) is 0 Å². The first kappa shape index (κ1) is 13.9. The summed E-state index contributed by atoms with van der Waals surface area (Å²) in [7, 11) is 0. The van der Waals surface area contributed by atoms with Crippen LogP contribution in [0.2, 0.25) is 0 Å². The van der Waals surface area contributed by atoms with Gasteiger partial charge in [-0.25, -0.2) is 0 Å². The molecule has 0 spiro atoms. The highest BCUT2D eigenvalue weighted by Crippen LogP contribution is 2.36.